The summed E-state index contributed by atoms with van der Waals surface area (Å²) >= 11 is 0. The minimum absolute atomic E-state index is 0.148. The number of carbonyl (C=O) groups excluding carboxylic acids is 3. The van der Waals surface area contributed by atoms with Gasteiger partial charge < -0.3 is 24.4 Å². The SMILES string of the molecule is C=C1C(=O)[C@]23[C@H](O)[C@H]1C[C@H](OC(C)=O)[C@H]2[C@@]12CC[C@H]4O[C@@H]1O[C@]3(O)C(=O)[C@@H]2C4(C)C. The summed E-state index contributed by atoms with van der Waals surface area (Å²) in [5.74, 6) is -6.36. The van der Waals surface area contributed by atoms with Crippen LogP contribution in [0, 0.1) is 34.0 Å². The zero-order chi connectivity index (χ0) is 21.6. The van der Waals surface area contributed by atoms with E-state index < -0.39 is 75.8 Å². The number of fused-ring (bicyclic) bond motifs is 2. The third kappa shape index (κ3) is 1.56. The minimum atomic E-state index is -2.55. The van der Waals surface area contributed by atoms with E-state index in [1.165, 1.54) is 6.92 Å². The Hall–Kier alpha value is -1.61. The van der Waals surface area contributed by atoms with Crippen molar-refractivity contribution in [3.63, 3.8) is 0 Å². The monoisotopic (exact) mass is 418 g/mol. The number of Topliss-reactive ketones (excluding diaryl/α,β-unsaturated/α-hetero) is 2. The molecule has 8 heteroatoms. The number of rotatable bonds is 1. The Kier molecular flexibility index (Phi) is 3.22. The maximum Gasteiger partial charge on any atom is 0.302 e. The van der Waals surface area contributed by atoms with Crippen LogP contribution in [0.15, 0.2) is 12.2 Å². The zero-order valence-electron chi connectivity index (χ0n) is 17.2. The van der Waals surface area contributed by atoms with Gasteiger partial charge in [-0.05, 0) is 24.8 Å². The van der Waals surface area contributed by atoms with Crippen LogP contribution >= 0.6 is 0 Å². The second-order valence-electron chi connectivity index (χ2n) is 10.6. The highest BCUT2D eigenvalue weighted by atomic mass is 16.8. The van der Waals surface area contributed by atoms with Gasteiger partial charge in [-0.1, -0.05) is 20.4 Å². The van der Waals surface area contributed by atoms with Gasteiger partial charge in [0, 0.05) is 35.5 Å². The first-order valence-corrected chi connectivity index (χ1v) is 10.6. The maximum atomic E-state index is 13.9. The molecule has 4 aliphatic carbocycles. The van der Waals surface area contributed by atoms with Crippen molar-refractivity contribution in [1.82, 2.24) is 0 Å². The summed E-state index contributed by atoms with van der Waals surface area (Å²) in [5.41, 5.74) is -3.38. The molecule has 2 spiro atoms. The molecule has 7 bridgehead atoms. The molecule has 0 aromatic heterocycles. The fourth-order valence-electron chi connectivity index (χ4n) is 8.48. The Morgan fingerprint density at radius 2 is 2.00 bits per heavy atom. The Labute approximate surface area is 173 Å². The Balaban J connectivity index is 1.68. The lowest BCUT2D eigenvalue weighted by Gasteiger charge is -2.77. The van der Waals surface area contributed by atoms with Crippen LogP contribution in [0.2, 0.25) is 0 Å². The van der Waals surface area contributed by atoms with Gasteiger partial charge in [0.2, 0.25) is 5.79 Å². The molecule has 8 nitrogen and oxygen atoms in total. The molecule has 0 amide bonds. The molecule has 2 N–H and O–H groups in total. The van der Waals surface area contributed by atoms with E-state index in [-0.39, 0.29) is 18.1 Å². The zero-order valence-corrected chi connectivity index (χ0v) is 17.2. The number of aliphatic hydroxyl groups is 2. The average molecular weight is 418 g/mol. The van der Waals surface area contributed by atoms with Crippen molar-refractivity contribution in [3.8, 4) is 0 Å². The minimum Gasteiger partial charge on any atom is -0.462 e. The summed E-state index contributed by atoms with van der Waals surface area (Å²) in [5, 5.41) is 23.2. The standard InChI is InChI=1S/C22H26O8/c1-8-10-7-11(28-9(2)23)13-20-6-5-12-19(3,4)14(20)17(26)22(27,30-18(20)29-12)21(13,15(8)24)16(10)25/h10-14,16,18,25,27H,1,5-7H2,2-4H3/t10-,11-,12+,13-,14+,16+,18+,20+,21-,22+/m0/s1. The third-order valence-electron chi connectivity index (χ3n) is 9.32. The van der Waals surface area contributed by atoms with Gasteiger partial charge in [-0.15, -0.1) is 0 Å². The first kappa shape index (κ1) is 19.1. The molecule has 8 rings (SSSR count). The van der Waals surface area contributed by atoms with Crippen LogP contribution in [0.3, 0.4) is 0 Å². The first-order valence-electron chi connectivity index (χ1n) is 10.6. The van der Waals surface area contributed by atoms with Crippen LogP contribution in [0.4, 0.5) is 0 Å². The molecule has 0 aromatic carbocycles. The van der Waals surface area contributed by atoms with Gasteiger partial charge in [-0.25, -0.2) is 0 Å². The highest BCUT2D eigenvalue weighted by molar-refractivity contribution is 6.10. The number of hydrogen-bond acceptors (Lipinski definition) is 8. The summed E-state index contributed by atoms with van der Waals surface area (Å²) < 4.78 is 17.9. The molecule has 0 radical (unpaired) electrons. The van der Waals surface area contributed by atoms with E-state index in [1.54, 1.807) is 0 Å². The number of carbonyl (C=O) groups is 3. The molecule has 0 unspecified atom stereocenters. The predicted molar refractivity (Wildman–Crippen MR) is 98.4 cm³/mol. The average Bonchev–Trinajstić information content (AvgIpc) is 2.77. The largest absolute Gasteiger partial charge is 0.462 e. The van der Waals surface area contributed by atoms with E-state index in [0.29, 0.717) is 12.8 Å². The van der Waals surface area contributed by atoms with Crippen LogP contribution in [0.1, 0.15) is 40.0 Å². The number of ether oxygens (including phenoxy) is 3. The van der Waals surface area contributed by atoms with Crippen molar-refractivity contribution in [2.24, 2.45) is 34.0 Å². The molecule has 8 aliphatic rings. The molecule has 0 aromatic rings. The molecule has 4 heterocycles. The molecule has 4 saturated heterocycles. The quantitative estimate of drug-likeness (QED) is 0.466. The number of aliphatic hydroxyl groups excluding tert-OH is 1. The highest BCUT2D eigenvalue weighted by Crippen LogP contribution is 2.79. The van der Waals surface area contributed by atoms with Gasteiger partial charge in [-0.3, -0.25) is 14.4 Å². The molecule has 10 atom stereocenters. The number of hydrogen-bond donors (Lipinski definition) is 2. The van der Waals surface area contributed by atoms with E-state index in [4.69, 9.17) is 14.2 Å². The third-order valence-corrected chi connectivity index (χ3v) is 9.32. The first-order chi connectivity index (χ1) is 14.0. The maximum absolute atomic E-state index is 13.9. The molecule has 4 saturated carbocycles. The molecule has 162 valence electrons. The van der Waals surface area contributed by atoms with Crippen molar-refractivity contribution in [1.29, 1.82) is 0 Å². The molecular weight excluding hydrogens is 392 g/mol. The van der Waals surface area contributed by atoms with Crippen LogP contribution < -0.4 is 0 Å². The van der Waals surface area contributed by atoms with E-state index in [0.717, 1.165) is 0 Å². The summed E-state index contributed by atoms with van der Waals surface area (Å²) in [7, 11) is 0. The van der Waals surface area contributed by atoms with Crippen LogP contribution in [0.25, 0.3) is 0 Å². The topological polar surface area (TPSA) is 119 Å². The van der Waals surface area contributed by atoms with E-state index in [9.17, 15) is 24.6 Å². The Bertz CT molecular complexity index is 939. The van der Waals surface area contributed by atoms with Gasteiger partial charge in [0.25, 0.3) is 0 Å². The number of ketones is 2. The van der Waals surface area contributed by atoms with Crippen molar-refractivity contribution in [3.05, 3.63) is 12.2 Å². The van der Waals surface area contributed by atoms with E-state index in [1.807, 2.05) is 13.8 Å². The normalized spacial score (nSPS) is 56.8. The molecular formula is C22H26O8. The summed E-state index contributed by atoms with van der Waals surface area (Å²) in [6.07, 6.45) is -1.84. The van der Waals surface area contributed by atoms with Gasteiger partial charge in [-0.2, -0.15) is 0 Å². The molecule has 30 heavy (non-hydrogen) atoms. The highest BCUT2D eigenvalue weighted by Gasteiger charge is 2.92. The van der Waals surface area contributed by atoms with Crippen LogP contribution in [-0.4, -0.2) is 58.1 Å². The summed E-state index contributed by atoms with van der Waals surface area (Å²) in [4.78, 5) is 39.5. The van der Waals surface area contributed by atoms with Gasteiger partial charge >= 0.3 is 5.97 Å². The fraction of sp³-hybridized carbons (Fsp3) is 0.773. The lowest BCUT2D eigenvalue weighted by atomic mass is 9.34. The lowest BCUT2D eigenvalue weighted by molar-refractivity contribution is -0.486. The second kappa shape index (κ2) is 5.06. The Morgan fingerprint density at radius 3 is 2.67 bits per heavy atom. The van der Waals surface area contributed by atoms with Crippen molar-refractivity contribution in [2.45, 2.75) is 70.4 Å². The van der Waals surface area contributed by atoms with Crippen molar-refractivity contribution >= 4 is 17.5 Å². The van der Waals surface area contributed by atoms with Crippen molar-refractivity contribution in [2.75, 3.05) is 0 Å². The summed E-state index contributed by atoms with van der Waals surface area (Å²) in [6, 6.07) is 0. The smallest absolute Gasteiger partial charge is 0.302 e. The van der Waals surface area contributed by atoms with E-state index >= 15 is 0 Å². The van der Waals surface area contributed by atoms with Gasteiger partial charge in [0.05, 0.1) is 12.2 Å². The molecule has 8 fully saturated rings. The van der Waals surface area contributed by atoms with Crippen LogP contribution in [-0.2, 0) is 28.6 Å². The van der Waals surface area contributed by atoms with Gasteiger partial charge in [0.15, 0.2) is 17.9 Å². The molecule has 4 aliphatic heterocycles. The lowest BCUT2D eigenvalue weighted by Crippen LogP contribution is -2.89. The fourth-order valence-corrected chi connectivity index (χ4v) is 8.48. The van der Waals surface area contributed by atoms with E-state index in [2.05, 4.69) is 6.58 Å². The van der Waals surface area contributed by atoms with Crippen LogP contribution in [0.5, 0.6) is 0 Å². The second-order valence-corrected chi connectivity index (χ2v) is 10.6. The van der Waals surface area contributed by atoms with Crippen molar-refractivity contribution < 1.29 is 38.8 Å². The summed E-state index contributed by atoms with van der Waals surface area (Å²) in [6.45, 7) is 9.04. The van der Waals surface area contributed by atoms with Gasteiger partial charge in [0.1, 0.15) is 11.5 Å². The Morgan fingerprint density at radius 1 is 1.30 bits per heavy atom. The predicted octanol–water partition coefficient (Wildman–Crippen LogP) is 0.489. The number of esters is 1.